The Balaban J connectivity index is 2.18. The molecule has 0 amide bonds. The van der Waals surface area contributed by atoms with Crippen molar-refractivity contribution in [2.45, 2.75) is 13.0 Å². The van der Waals surface area contributed by atoms with Crippen molar-refractivity contribution in [2.24, 2.45) is 11.7 Å². The third-order valence-electron chi connectivity index (χ3n) is 2.80. The highest BCUT2D eigenvalue weighted by molar-refractivity contribution is 5.51. The van der Waals surface area contributed by atoms with Crippen molar-refractivity contribution in [1.82, 2.24) is 0 Å². The number of benzene rings is 1. The van der Waals surface area contributed by atoms with Crippen LogP contribution in [-0.4, -0.2) is 6.04 Å². The van der Waals surface area contributed by atoms with Crippen LogP contribution in [0.2, 0.25) is 0 Å². The molecule has 0 fully saturated rings. The van der Waals surface area contributed by atoms with Gasteiger partial charge in [0.15, 0.2) is 0 Å². The maximum atomic E-state index is 5.95. The number of nitrogen functional groups attached to an aromatic ring is 1. The van der Waals surface area contributed by atoms with Gasteiger partial charge < -0.3 is 11.5 Å². The predicted octanol–water partition coefficient (Wildman–Crippen LogP) is 2.08. The standard InChI is InChI=1S/C15H16N2/c1-11-5-6-13(10-15(11)17)8-7-12-3-2-4-14(16)9-12/h2-6,9-11,15H,16-17H2,1H3. The molecule has 0 saturated heterocycles. The van der Waals surface area contributed by atoms with E-state index in [1.807, 2.05) is 36.4 Å². The number of allylic oxidation sites excluding steroid dienone is 2. The minimum atomic E-state index is 0.0603. The van der Waals surface area contributed by atoms with Crippen molar-refractivity contribution < 1.29 is 0 Å². The van der Waals surface area contributed by atoms with Crippen LogP contribution >= 0.6 is 0 Å². The Morgan fingerprint density at radius 1 is 1.24 bits per heavy atom. The van der Waals surface area contributed by atoms with Gasteiger partial charge in [-0.2, -0.15) is 0 Å². The molecule has 4 N–H and O–H groups in total. The quantitative estimate of drug-likeness (QED) is 0.523. The molecule has 1 aromatic rings. The van der Waals surface area contributed by atoms with E-state index in [4.69, 9.17) is 11.5 Å². The van der Waals surface area contributed by atoms with Gasteiger partial charge in [0.2, 0.25) is 0 Å². The number of rotatable bonds is 0. The van der Waals surface area contributed by atoms with Crippen LogP contribution in [0.5, 0.6) is 0 Å². The maximum absolute atomic E-state index is 5.95. The highest BCUT2D eigenvalue weighted by atomic mass is 14.6. The van der Waals surface area contributed by atoms with Crippen LogP contribution in [0.4, 0.5) is 5.69 Å². The van der Waals surface area contributed by atoms with Gasteiger partial charge in [0.25, 0.3) is 0 Å². The molecule has 17 heavy (non-hydrogen) atoms. The van der Waals surface area contributed by atoms with E-state index >= 15 is 0 Å². The molecule has 0 saturated carbocycles. The second-order valence-corrected chi connectivity index (χ2v) is 4.29. The minimum Gasteiger partial charge on any atom is -0.399 e. The molecule has 0 aromatic heterocycles. The van der Waals surface area contributed by atoms with Gasteiger partial charge in [-0.25, -0.2) is 0 Å². The van der Waals surface area contributed by atoms with E-state index < -0.39 is 0 Å². The number of nitrogens with two attached hydrogens (primary N) is 2. The molecule has 2 nitrogen and oxygen atoms in total. The molecule has 0 aliphatic heterocycles. The lowest BCUT2D eigenvalue weighted by molar-refractivity contribution is 0.622. The summed E-state index contributed by atoms with van der Waals surface area (Å²) in [4.78, 5) is 0. The summed E-state index contributed by atoms with van der Waals surface area (Å²) in [6.07, 6.45) is 6.12. The second kappa shape index (κ2) is 4.90. The average Bonchev–Trinajstić information content (AvgIpc) is 2.31. The van der Waals surface area contributed by atoms with Crippen LogP contribution < -0.4 is 11.5 Å². The summed E-state index contributed by atoms with van der Waals surface area (Å²) in [6, 6.07) is 7.62. The summed E-state index contributed by atoms with van der Waals surface area (Å²) in [5, 5.41) is 0. The van der Waals surface area contributed by atoms with Crippen molar-refractivity contribution >= 4 is 5.69 Å². The first-order valence-corrected chi connectivity index (χ1v) is 5.68. The van der Waals surface area contributed by atoms with Gasteiger partial charge in [-0.3, -0.25) is 0 Å². The molecule has 2 atom stereocenters. The van der Waals surface area contributed by atoms with E-state index in [2.05, 4.69) is 24.8 Å². The fraction of sp³-hybridized carbons (Fsp3) is 0.200. The van der Waals surface area contributed by atoms with Crippen molar-refractivity contribution in [1.29, 1.82) is 0 Å². The lowest BCUT2D eigenvalue weighted by atomic mass is 9.94. The molecule has 0 radical (unpaired) electrons. The van der Waals surface area contributed by atoms with Crippen molar-refractivity contribution in [2.75, 3.05) is 5.73 Å². The first-order chi connectivity index (χ1) is 8.15. The fourth-order valence-electron chi connectivity index (χ4n) is 1.64. The number of anilines is 1. The van der Waals surface area contributed by atoms with Crippen LogP contribution in [0.3, 0.4) is 0 Å². The Morgan fingerprint density at radius 2 is 2.06 bits per heavy atom. The largest absolute Gasteiger partial charge is 0.399 e. The van der Waals surface area contributed by atoms with Gasteiger partial charge in [0, 0.05) is 22.9 Å². The molecule has 1 aromatic carbocycles. The summed E-state index contributed by atoms with van der Waals surface area (Å²) < 4.78 is 0. The minimum absolute atomic E-state index is 0.0603. The van der Waals surface area contributed by atoms with Crippen LogP contribution in [-0.2, 0) is 0 Å². The monoisotopic (exact) mass is 224 g/mol. The Labute approximate surface area is 102 Å². The summed E-state index contributed by atoms with van der Waals surface area (Å²) in [6.45, 7) is 2.10. The van der Waals surface area contributed by atoms with E-state index in [0.29, 0.717) is 5.92 Å². The molecule has 2 heteroatoms. The van der Waals surface area contributed by atoms with Crippen molar-refractivity contribution in [3.63, 3.8) is 0 Å². The normalized spacial score (nSPS) is 22.6. The van der Waals surface area contributed by atoms with Crippen LogP contribution in [0.25, 0.3) is 0 Å². The topological polar surface area (TPSA) is 52.0 Å². The fourth-order valence-corrected chi connectivity index (χ4v) is 1.64. The van der Waals surface area contributed by atoms with Gasteiger partial charge in [-0.1, -0.05) is 43.1 Å². The van der Waals surface area contributed by atoms with Gasteiger partial charge in [0.05, 0.1) is 0 Å². The average molecular weight is 224 g/mol. The highest BCUT2D eigenvalue weighted by Gasteiger charge is 2.10. The molecular formula is C15H16N2. The zero-order chi connectivity index (χ0) is 12.3. The molecule has 0 heterocycles. The second-order valence-electron chi connectivity index (χ2n) is 4.29. The van der Waals surface area contributed by atoms with Crippen molar-refractivity contribution in [3.05, 3.63) is 53.6 Å². The third kappa shape index (κ3) is 2.99. The zero-order valence-electron chi connectivity index (χ0n) is 9.85. The summed E-state index contributed by atoms with van der Waals surface area (Å²) in [7, 11) is 0. The molecule has 1 aliphatic rings. The number of hydrogen-bond acceptors (Lipinski definition) is 2. The molecule has 86 valence electrons. The predicted molar refractivity (Wildman–Crippen MR) is 72.1 cm³/mol. The van der Waals surface area contributed by atoms with Crippen LogP contribution in [0.15, 0.2) is 48.1 Å². The zero-order valence-corrected chi connectivity index (χ0v) is 9.85. The summed E-state index contributed by atoms with van der Waals surface area (Å²) in [5.74, 6) is 6.57. The smallest absolute Gasteiger partial charge is 0.0326 e. The molecule has 2 rings (SSSR count). The summed E-state index contributed by atoms with van der Waals surface area (Å²) >= 11 is 0. The maximum Gasteiger partial charge on any atom is 0.0326 e. The molecular weight excluding hydrogens is 208 g/mol. The first kappa shape index (κ1) is 11.5. The van der Waals surface area contributed by atoms with Gasteiger partial charge >= 0.3 is 0 Å². The van der Waals surface area contributed by atoms with E-state index in [9.17, 15) is 0 Å². The Morgan fingerprint density at radius 3 is 2.76 bits per heavy atom. The van der Waals surface area contributed by atoms with E-state index in [1.165, 1.54) is 0 Å². The molecule has 0 bridgehead atoms. The van der Waals surface area contributed by atoms with Crippen LogP contribution in [0, 0.1) is 17.8 Å². The SMILES string of the molecule is CC1C=CC(C#Cc2cccc(N)c2)=CC1N. The first-order valence-electron chi connectivity index (χ1n) is 5.68. The Hall–Kier alpha value is -1.98. The lowest BCUT2D eigenvalue weighted by Crippen LogP contribution is -2.26. The highest BCUT2D eigenvalue weighted by Crippen LogP contribution is 2.14. The van der Waals surface area contributed by atoms with Gasteiger partial charge in [-0.05, 0) is 24.1 Å². The van der Waals surface area contributed by atoms with E-state index in [1.54, 1.807) is 0 Å². The molecule has 1 aliphatic carbocycles. The molecule has 2 unspecified atom stereocenters. The van der Waals surface area contributed by atoms with Gasteiger partial charge in [-0.15, -0.1) is 0 Å². The van der Waals surface area contributed by atoms with Crippen LogP contribution in [0.1, 0.15) is 12.5 Å². The van der Waals surface area contributed by atoms with E-state index in [-0.39, 0.29) is 6.04 Å². The Kier molecular flexibility index (Phi) is 3.32. The molecule has 0 spiro atoms. The summed E-state index contributed by atoms with van der Waals surface area (Å²) in [5.41, 5.74) is 14.3. The lowest BCUT2D eigenvalue weighted by Gasteiger charge is -2.16. The van der Waals surface area contributed by atoms with Crippen molar-refractivity contribution in [3.8, 4) is 11.8 Å². The number of hydrogen-bond donors (Lipinski definition) is 2. The van der Waals surface area contributed by atoms with E-state index in [0.717, 1.165) is 16.8 Å². The van der Waals surface area contributed by atoms with Gasteiger partial charge in [0.1, 0.15) is 0 Å². The third-order valence-corrected chi connectivity index (χ3v) is 2.80. The Bertz CT molecular complexity index is 529.